The highest BCUT2D eigenvalue weighted by molar-refractivity contribution is 5.74. The van der Waals surface area contributed by atoms with Gasteiger partial charge in [0.25, 0.3) is 0 Å². The van der Waals surface area contributed by atoms with E-state index in [9.17, 15) is 9.90 Å². The maximum absolute atomic E-state index is 12.6. The first-order valence-electron chi connectivity index (χ1n) is 9.18. The Morgan fingerprint density at radius 1 is 1.27 bits per heavy atom. The molecule has 2 rings (SSSR count). The van der Waals surface area contributed by atoms with E-state index in [1.54, 1.807) is 18.1 Å². The van der Waals surface area contributed by atoms with Gasteiger partial charge in [0.05, 0.1) is 18.8 Å². The van der Waals surface area contributed by atoms with Gasteiger partial charge in [-0.1, -0.05) is 38.1 Å². The third-order valence-corrected chi connectivity index (χ3v) is 4.50. The summed E-state index contributed by atoms with van der Waals surface area (Å²) in [5, 5.41) is 16.6. The van der Waals surface area contributed by atoms with Crippen LogP contribution in [0.3, 0.4) is 0 Å². The van der Waals surface area contributed by atoms with Crippen molar-refractivity contribution >= 4 is 6.03 Å². The predicted octanol–water partition coefficient (Wildman–Crippen LogP) is 3.29. The minimum atomic E-state index is -0.213. The lowest BCUT2D eigenvalue weighted by Crippen LogP contribution is -2.39. The Morgan fingerprint density at radius 3 is 2.46 bits per heavy atom. The Balaban J connectivity index is 2.01. The highest BCUT2D eigenvalue weighted by Crippen LogP contribution is 2.21. The van der Waals surface area contributed by atoms with Crippen molar-refractivity contribution in [3.8, 4) is 0 Å². The molecular formula is C20H30N4O2. The number of hydrogen-bond acceptors (Lipinski definition) is 3. The maximum atomic E-state index is 12.6. The second kappa shape index (κ2) is 9.38. The highest BCUT2D eigenvalue weighted by Gasteiger charge is 2.17. The van der Waals surface area contributed by atoms with Gasteiger partial charge in [0, 0.05) is 32.0 Å². The van der Waals surface area contributed by atoms with Crippen molar-refractivity contribution in [1.29, 1.82) is 0 Å². The second-order valence-corrected chi connectivity index (χ2v) is 6.90. The smallest absolute Gasteiger partial charge is 0.317 e. The van der Waals surface area contributed by atoms with Gasteiger partial charge in [0.15, 0.2) is 0 Å². The van der Waals surface area contributed by atoms with Crippen LogP contribution in [0.25, 0.3) is 0 Å². The molecule has 2 amide bonds. The minimum Gasteiger partial charge on any atom is -0.396 e. The topological polar surface area (TPSA) is 70.4 Å². The van der Waals surface area contributed by atoms with Crippen LogP contribution in [0.4, 0.5) is 4.79 Å². The number of nitrogens with one attached hydrogen (secondary N) is 1. The molecule has 6 heteroatoms. The van der Waals surface area contributed by atoms with Gasteiger partial charge in [-0.2, -0.15) is 5.10 Å². The summed E-state index contributed by atoms with van der Waals surface area (Å²) < 4.78 is 1.84. The van der Waals surface area contributed by atoms with Crippen molar-refractivity contribution in [3.05, 3.63) is 53.3 Å². The summed E-state index contributed by atoms with van der Waals surface area (Å²) in [7, 11) is 1.76. The zero-order chi connectivity index (χ0) is 19.1. The van der Waals surface area contributed by atoms with Crippen LogP contribution >= 0.6 is 0 Å². The zero-order valence-electron chi connectivity index (χ0n) is 16.1. The lowest BCUT2D eigenvalue weighted by Gasteiger charge is -2.23. The lowest BCUT2D eigenvalue weighted by atomic mass is 9.98. The molecule has 1 aromatic carbocycles. The number of nitrogens with zero attached hydrogens (tertiary/aromatic N) is 3. The molecule has 0 fully saturated rings. The number of urea groups is 1. The van der Waals surface area contributed by atoms with E-state index in [2.05, 4.69) is 36.4 Å². The van der Waals surface area contributed by atoms with Crippen molar-refractivity contribution in [3.63, 3.8) is 0 Å². The second-order valence-electron chi connectivity index (χ2n) is 6.90. The van der Waals surface area contributed by atoms with Gasteiger partial charge in [-0.25, -0.2) is 4.79 Å². The van der Waals surface area contributed by atoms with Gasteiger partial charge in [-0.3, -0.25) is 4.68 Å². The van der Waals surface area contributed by atoms with E-state index in [-0.39, 0.29) is 18.7 Å². The molecule has 0 unspecified atom stereocenters. The van der Waals surface area contributed by atoms with E-state index in [0.717, 1.165) is 17.7 Å². The number of carbonyl (C=O) groups excluding carboxylic acids is 1. The van der Waals surface area contributed by atoms with Crippen LogP contribution in [0.1, 0.15) is 55.8 Å². The van der Waals surface area contributed by atoms with Crippen molar-refractivity contribution in [2.45, 2.75) is 52.2 Å². The number of benzene rings is 1. The van der Waals surface area contributed by atoms with Crippen LogP contribution in [-0.2, 0) is 13.1 Å². The SMILES string of the molecule is CCn1cc(CN(C)C(=O)N[C@@H](CCO)c2ccc(C(C)C)cc2)cn1. The van der Waals surface area contributed by atoms with E-state index >= 15 is 0 Å². The number of rotatable bonds is 8. The monoisotopic (exact) mass is 358 g/mol. The van der Waals surface area contributed by atoms with E-state index in [1.165, 1.54) is 5.56 Å². The van der Waals surface area contributed by atoms with E-state index < -0.39 is 0 Å². The summed E-state index contributed by atoms with van der Waals surface area (Å²) in [4.78, 5) is 14.2. The summed E-state index contributed by atoms with van der Waals surface area (Å²) in [5.74, 6) is 0.463. The number of aliphatic hydroxyl groups is 1. The normalized spacial score (nSPS) is 12.2. The fourth-order valence-corrected chi connectivity index (χ4v) is 2.83. The molecule has 2 aromatic rings. The van der Waals surface area contributed by atoms with Crippen molar-refractivity contribution in [2.75, 3.05) is 13.7 Å². The molecule has 2 N–H and O–H groups in total. The molecule has 1 atom stereocenters. The van der Waals surface area contributed by atoms with Gasteiger partial charge >= 0.3 is 6.03 Å². The summed E-state index contributed by atoms with van der Waals surface area (Å²) in [6.07, 6.45) is 4.21. The number of aromatic nitrogens is 2. The zero-order valence-corrected chi connectivity index (χ0v) is 16.1. The number of hydrogen-bond donors (Lipinski definition) is 2. The third-order valence-electron chi connectivity index (χ3n) is 4.50. The van der Waals surface area contributed by atoms with Gasteiger partial charge in [-0.15, -0.1) is 0 Å². The molecule has 0 saturated carbocycles. The minimum absolute atomic E-state index is 0.0177. The molecule has 0 spiro atoms. The summed E-state index contributed by atoms with van der Waals surface area (Å²) in [5.41, 5.74) is 3.25. The maximum Gasteiger partial charge on any atom is 0.317 e. The number of aliphatic hydroxyl groups excluding tert-OH is 1. The fraction of sp³-hybridized carbons (Fsp3) is 0.500. The molecule has 6 nitrogen and oxygen atoms in total. The summed E-state index contributed by atoms with van der Waals surface area (Å²) in [6, 6.07) is 7.84. The van der Waals surface area contributed by atoms with E-state index in [0.29, 0.717) is 18.9 Å². The van der Waals surface area contributed by atoms with Crippen molar-refractivity contribution in [1.82, 2.24) is 20.0 Å². The Labute approximate surface area is 155 Å². The van der Waals surface area contributed by atoms with Crippen LogP contribution in [-0.4, -0.2) is 39.5 Å². The molecule has 0 aliphatic heterocycles. The first-order chi connectivity index (χ1) is 12.4. The number of aryl methyl sites for hydroxylation is 1. The Kier molecular flexibility index (Phi) is 7.21. The van der Waals surface area contributed by atoms with E-state index in [1.807, 2.05) is 29.9 Å². The quantitative estimate of drug-likeness (QED) is 0.761. The Bertz CT molecular complexity index is 694. The molecule has 0 saturated heterocycles. The van der Waals surface area contributed by atoms with Crippen LogP contribution in [0, 0.1) is 0 Å². The van der Waals surface area contributed by atoms with Gasteiger partial charge in [0.2, 0.25) is 0 Å². The largest absolute Gasteiger partial charge is 0.396 e. The number of carbonyl (C=O) groups is 1. The van der Waals surface area contributed by atoms with Crippen LogP contribution < -0.4 is 5.32 Å². The lowest BCUT2D eigenvalue weighted by molar-refractivity contribution is 0.197. The number of amides is 2. The standard InChI is InChI=1S/C20H30N4O2/c1-5-24-14-16(12-21-24)13-23(4)20(26)22-19(10-11-25)18-8-6-17(7-9-18)15(2)3/h6-9,12,14-15,19,25H,5,10-11,13H2,1-4H3,(H,22,26)/t19-/m0/s1. The summed E-state index contributed by atoms with van der Waals surface area (Å²) in [6.45, 7) is 7.64. The molecular weight excluding hydrogens is 328 g/mol. The van der Waals surface area contributed by atoms with Crippen molar-refractivity contribution in [2.24, 2.45) is 0 Å². The first kappa shape index (κ1) is 20.0. The van der Waals surface area contributed by atoms with Gasteiger partial charge in [-0.05, 0) is 30.4 Å². The predicted molar refractivity (Wildman–Crippen MR) is 103 cm³/mol. The molecule has 0 bridgehead atoms. The molecule has 1 heterocycles. The first-order valence-corrected chi connectivity index (χ1v) is 9.18. The molecule has 26 heavy (non-hydrogen) atoms. The highest BCUT2D eigenvalue weighted by atomic mass is 16.3. The van der Waals surface area contributed by atoms with Gasteiger partial charge < -0.3 is 15.3 Å². The van der Waals surface area contributed by atoms with Crippen LogP contribution in [0.5, 0.6) is 0 Å². The molecule has 0 aliphatic carbocycles. The van der Waals surface area contributed by atoms with Gasteiger partial charge in [0.1, 0.15) is 0 Å². The van der Waals surface area contributed by atoms with Crippen molar-refractivity contribution < 1.29 is 9.90 Å². The van der Waals surface area contributed by atoms with E-state index in [4.69, 9.17) is 0 Å². The summed E-state index contributed by atoms with van der Waals surface area (Å²) >= 11 is 0. The van der Waals surface area contributed by atoms with Crippen LogP contribution in [0.15, 0.2) is 36.7 Å². The molecule has 0 radical (unpaired) electrons. The average molecular weight is 358 g/mol. The third kappa shape index (κ3) is 5.33. The molecule has 142 valence electrons. The molecule has 0 aliphatic rings. The Morgan fingerprint density at radius 2 is 1.92 bits per heavy atom. The average Bonchev–Trinajstić information content (AvgIpc) is 3.08. The van der Waals surface area contributed by atoms with Crippen LogP contribution in [0.2, 0.25) is 0 Å². The molecule has 1 aromatic heterocycles. The Hall–Kier alpha value is -2.34. The fourth-order valence-electron chi connectivity index (χ4n) is 2.83.